The topological polar surface area (TPSA) is 93.5 Å². The van der Waals surface area contributed by atoms with E-state index in [2.05, 4.69) is 20.7 Å². The third-order valence-electron chi connectivity index (χ3n) is 2.36. The Balaban J connectivity index is 2.31. The highest BCUT2D eigenvalue weighted by molar-refractivity contribution is 5.79. The molecule has 100 valence electrons. The van der Waals surface area contributed by atoms with E-state index in [1.54, 1.807) is 13.8 Å². The van der Waals surface area contributed by atoms with Crippen molar-refractivity contribution >= 4 is 12.0 Å². The molecule has 1 aromatic rings. The highest BCUT2D eigenvalue weighted by Gasteiger charge is 2.11. The Hall–Kier alpha value is -2.05. The molecule has 1 rings (SSSR count). The lowest BCUT2D eigenvalue weighted by molar-refractivity contribution is -0.121. The highest BCUT2D eigenvalue weighted by atomic mass is 16.6. The summed E-state index contributed by atoms with van der Waals surface area (Å²) in [7, 11) is 0. The van der Waals surface area contributed by atoms with Crippen LogP contribution in [0.5, 0.6) is 0 Å². The lowest BCUT2D eigenvalue weighted by Crippen LogP contribution is -2.42. The molecule has 18 heavy (non-hydrogen) atoms. The molecule has 0 saturated heterocycles. The second-order valence-corrected chi connectivity index (χ2v) is 3.70. The van der Waals surface area contributed by atoms with Crippen molar-refractivity contribution < 1.29 is 18.8 Å². The molecule has 0 atom stereocenters. The molecule has 0 bridgehead atoms. The first-order valence-electron chi connectivity index (χ1n) is 5.68. The van der Waals surface area contributed by atoms with E-state index in [-0.39, 0.29) is 18.9 Å². The van der Waals surface area contributed by atoms with Crippen LogP contribution in [0.15, 0.2) is 4.52 Å². The van der Waals surface area contributed by atoms with Crippen LogP contribution >= 0.6 is 0 Å². The van der Waals surface area contributed by atoms with Gasteiger partial charge >= 0.3 is 6.09 Å². The molecule has 2 amide bonds. The molecule has 7 heteroatoms. The van der Waals surface area contributed by atoms with E-state index in [1.165, 1.54) is 0 Å². The Morgan fingerprint density at radius 3 is 2.61 bits per heavy atom. The normalized spacial score (nSPS) is 9.94. The predicted octanol–water partition coefficient (Wildman–Crippen LogP) is 1.00. The average Bonchev–Trinajstić information content (AvgIpc) is 2.64. The number of nitrogens with one attached hydrogen (secondary N) is 2. The highest BCUT2D eigenvalue weighted by Crippen LogP contribution is 2.13. The summed E-state index contributed by atoms with van der Waals surface area (Å²) in [5.41, 5.74) is 6.09. The Morgan fingerprint density at radius 2 is 2.06 bits per heavy atom. The molecule has 7 nitrogen and oxygen atoms in total. The van der Waals surface area contributed by atoms with Crippen LogP contribution in [0.4, 0.5) is 4.79 Å². The van der Waals surface area contributed by atoms with Gasteiger partial charge in [0.25, 0.3) is 0 Å². The fraction of sp³-hybridized carbons (Fsp3) is 0.545. The number of aryl methyl sites for hydroxylation is 2. The second-order valence-electron chi connectivity index (χ2n) is 3.70. The number of hydrazine groups is 1. The Morgan fingerprint density at radius 1 is 1.33 bits per heavy atom. The van der Waals surface area contributed by atoms with Crippen molar-refractivity contribution in [2.45, 2.75) is 33.6 Å². The fourth-order valence-electron chi connectivity index (χ4n) is 1.45. The molecule has 0 aromatic carbocycles. The Labute approximate surface area is 105 Å². The van der Waals surface area contributed by atoms with Gasteiger partial charge in [-0.1, -0.05) is 5.16 Å². The van der Waals surface area contributed by atoms with Crippen LogP contribution in [-0.2, 0) is 16.0 Å². The summed E-state index contributed by atoms with van der Waals surface area (Å²) in [6.45, 7) is 5.55. The van der Waals surface area contributed by atoms with Crippen molar-refractivity contribution in [3.63, 3.8) is 0 Å². The molecule has 0 fully saturated rings. The monoisotopic (exact) mass is 255 g/mol. The van der Waals surface area contributed by atoms with Crippen molar-refractivity contribution in [2.75, 3.05) is 6.61 Å². The summed E-state index contributed by atoms with van der Waals surface area (Å²) in [6.07, 6.45) is 0.0653. The zero-order valence-corrected chi connectivity index (χ0v) is 10.7. The van der Waals surface area contributed by atoms with E-state index >= 15 is 0 Å². The molecule has 0 unspecified atom stereocenters. The Bertz CT molecular complexity index is 408. The maximum absolute atomic E-state index is 11.4. The van der Waals surface area contributed by atoms with Crippen LogP contribution in [-0.4, -0.2) is 23.8 Å². The molecule has 1 heterocycles. The van der Waals surface area contributed by atoms with E-state index in [1.807, 2.05) is 6.92 Å². The maximum atomic E-state index is 11.4. The first kappa shape index (κ1) is 14.0. The van der Waals surface area contributed by atoms with Gasteiger partial charge in [-0.3, -0.25) is 10.2 Å². The summed E-state index contributed by atoms with van der Waals surface area (Å²) >= 11 is 0. The lowest BCUT2D eigenvalue weighted by atomic mass is 10.1. The number of carbonyl (C=O) groups excluding carboxylic acids is 2. The molecule has 0 aliphatic carbocycles. The number of hydrogen-bond donors (Lipinski definition) is 2. The first-order chi connectivity index (χ1) is 8.54. The van der Waals surface area contributed by atoms with Gasteiger partial charge in [-0.15, -0.1) is 0 Å². The van der Waals surface area contributed by atoms with Crippen LogP contribution < -0.4 is 10.9 Å². The second kappa shape index (κ2) is 6.63. The number of nitrogens with zero attached hydrogens (tertiary/aromatic N) is 1. The van der Waals surface area contributed by atoms with Gasteiger partial charge in [-0.2, -0.15) is 0 Å². The molecule has 1 aromatic heterocycles. The van der Waals surface area contributed by atoms with Crippen molar-refractivity contribution in [3.05, 3.63) is 17.0 Å². The van der Waals surface area contributed by atoms with Crippen LogP contribution in [0.2, 0.25) is 0 Å². The van der Waals surface area contributed by atoms with Gasteiger partial charge in [0.05, 0.1) is 12.3 Å². The van der Waals surface area contributed by atoms with Gasteiger partial charge in [0.1, 0.15) is 5.76 Å². The fourth-order valence-corrected chi connectivity index (χ4v) is 1.45. The maximum Gasteiger partial charge on any atom is 0.426 e. The van der Waals surface area contributed by atoms with Crippen LogP contribution in [0.1, 0.15) is 30.4 Å². The van der Waals surface area contributed by atoms with Gasteiger partial charge in [-0.25, -0.2) is 10.2 Å². The third kappa shape index (κ3) is 4.08. The summed E-state index contributed by atoms with van der Waals surface area (Å²) < 4.78 is 9.58. The molecule has 0 radical (unpaired) electrons. The van der Waals surface area contributed by atoms with Gasteiger partial charge < -0.3 is 9.26 Å². The minimum Gasteiger partial charge on any atom is -0.449 e. The summed E-state index contributed by atoms with van der Waals surface area (Å²) in [5, 5.41) is 3.80. The first-order valence-corrected chi connectivity index (χ1v) is 5.68. The zero-order valence-electron chi connectivity index (χ0n) is 10.7. The van der Waals surface area contributed by atoms with Crippen LogP contribution in [0.3, 0.4) is 0 Å². The summed E-state index contributed by atoms with van der Waals surface area (Å²) in [4.78, 5) is 22.4. The number of rotatable bonds is 4. The van der Waals surface area contributed by atoms with Crippen molar-refractivity contribution in [2.24, 2.45) is 0 Å². The third-order valence-corrected chi connectivity index (χ3v) is 2.36. The number of aromatic nitrogens is 1. The van der Waals surface area contributed by atoms with Gasteiger partial charge in [-0.05, 0) is 27.2 Å². The molecular weight excluding hydrogens is 238 g/mol. The minimum atomic E-state index is -0.678. The standard InChI is InChI=1S/C11H17N3O4/c1-4-17-11(16)13-12-10(15)6-5-9-7(2)14-18-8(9)3/h4-6H2,1-3H3,(H,12,15)(H,13,16). The van der Waals surface area contributed by atoms with E-state index in [9.17, 15) is 9.59 Å². The van der Waals surface area contributed by atoms with E-state index in [0.29, 0.717) is 12.2 Å². The van der Waals surface area contributed by atoms with E-state index < -0.39 is 6.09 Å². The van der Waals surface area contributed by atoms with E-state index in [0.717, 1.165) is 11.3 Å². The predicted molar refractivity (Wildman–Crippen MR) is 62.6 cm³/mol. The lowest BCUT2D eigenvalue weighted by Gasteiger charge is -2.06. The number of hydrogen-bond acceptors (Lipinski definition) is 5. The van der Waals surface area contributed by atoms with Gasteiger partial charge in [0.2, 0.25) is 5.91 Å². The number of ether oxygens (including phenoxy) is 1. The Kier molecular flexibility index (Phi) is 5.16. The molecule has 0 aliphatic heterocycles. The van der Waals surface area contributed by atoms with Gasteiger partial charge in [0, 0.05) is 12.0 Å². The van der Waals surface area contributed by atoms with Crippen LogP contribution in [0, 0.1) is 13.8 Å². The molecule has 0 saturated carbocycles. The van der Waals surface area contributed by atoms with Crippen molar-refractivity contribution in [3.8, 4) is 0 Å². The van der Waals surface area contributed by atoms with Crippen molar-refractivity contribution in [1.29, 1.82) is 0 Å². The zero-order chi connectivity index (χ0) is 13.5. The molecular formula is C11H17N3O4. The SMILES string of the molecule is CCOC(=O)NNC(=O)CCc1c(C)noc1C. The van der Waals surface area contributed by atoms with E-state index in [4.69, 9.17) is 4.52 Å². The number of amides is 2. The molecule has 0 spiro atoms. The molecule has 0 aliphatic rings. The van der Waals surface area contributed by atoms with Crippen LogP contribution in [0.25, 0.3) is 0 Å². The quantitative estimate of drug-likeness (QED) is 0.783. The summed E-state index contributed by atoms with van der Waals surface area (Å²) in [5.74, 6) is 0.404. The van der Waals surface area contributed by atoms with Crippen molar-refractivity contribution in [1.82, 2.24) is 16.0 Å². The molecule has 2 N–H and O–H groups in total. The minimum absolute atomic E-state index is 0.231. The summed E-state index contributed by atoms with van der Waals surface area (Å²) in [6, 6.07) is 0. The smallest absolute Gasteiger partial charge is 0.426 e. The number of carbonyl (C=O) groups is 2. The largest absolute Gasteiger partial charge is 0.449 e. The average molecular weight is 255 g/mol. The van der Waals surface area contributed by atoms with Gasteiger partial charge in [0.15, 0.2) is 0 Å².